The standard InChI is InChI=1S/C22H21N3O3S2/c1-14-11-18(30-22-24-15(2)13-29-22)8-9-19(14)25-21(27)10-5-16-3-6-17(7-4-16)28-12-20(23)26/h3-11,13H,12H2,1-2H3,(H2,23,26)(H,25,27)/b10-5+. The summed E-state index contributed by atoms with van der Waals surface area (Å²) in [6.45, 7) is 3.77. The van der Waals surface area contributed by atoms with Crippen LogP contribution in [-0.2, 0) is 9.59 Å². The van der Waals surface area contributed by atoms with Crippen LogP contribution in [0.25, 0.3) is 6.08 Å². The van der Waals surface area contributed by atoms with Crippen molar-refractivity contribution in [2.45, 2.75) is 23.1 Å². The second-order valence-corrected chi connectivity index (χ2v) is 8.66. The van der Waals surface area contributed by atoms with Crippen LogP contribution in [0.4, 0.5) is 5.69 Å². The van der Waals surface area contributed by atoms with Crippen LogP contribution in [0.2, 0.25) is 0 Å². The molecule has 0 aliphatic heterocycles. The predicted molar refractivity (Wildman–Crippen MR) is 121 cm³/mol. The maximum Gasteiger partial charge on any atom is 0.255 e. The molecule has 0 aliphatic rings. The minimum atomic E-state index is -0.532. The summed E-state index contributed by atoms with van der Waals surface area (Å²) < 4.78 is 6.20. The lowest BCUT2D eigenvalue weighted by Gasteiger charge is -2.08. The van der Waals surface area contributed by atoms with Gasteiger partial charge in [-0.2, -0.15) is 0 Å². The van der Waals surface area contributed by atoms with Crippen molar-refractivity contribution >= 4 is 46.7 Å². The van der Waals surface area contributed by atoms with Crippen LogP contribution in [0.3, 0.4) is 0 Å². The van der Waals surface area contributed by atoms with E-state index in [1.165, 1.54) is 6.08 Å². The summed E-state index contributed by atoms with van der Waals surface area (Å²) in [7, 11) is 0. The van der Waals surface area contributed by atoms with Gasteiger partial charge >= 0.3 is 0 Å². The summed E-state index contributed by atoms with van der Waals surface area (Å²) in [6, 6.07) is 12.9. The van der Waals surface area contributed by atoms with Gasteiger partial charge in [0.15, 0.2) is 10.9 Å². The Morgan fingerprint density at radius 3 is 2.60 bits per heavy atom. The number of carbonyl (C=O) groups excluding carboxylic acids is 2. The van der Waals surface area contributed by atoms with Crippen LogP contribution in [-0.4, -0.2) is 23.4 Å². The fourth-order valence-electron chi connectivity index (χ4n) is 2.50. The predicted octanol–water partition coefficient (Wildman–Crippen LogP) is 4.43. The van der Waals surface area contributed by atoms with Gasteiger partial charge in [-0.1, -0.05) is 23.9 Å². The quantitative estimate of drug-likeness (QED) is 0.507. The number of hydrogen-bond acceptors (Lipinski definition) is 6. The van der Waals surface area contributed by atoms with E-state index in [2.05, 4.69) is 10.3 Å². The highest BCUT2D eigenvalue weighted by atomic mass is 32.2. The molecule has 2 aromatic carbocycles. The number of nitrogens with one attached hydrogen (secondary N) is 1. The lowest BCUT2D eigenvalue weighted by molar-refractivity contribution is -0.120. The molecule has 0 unspecified atom stereocenters. The molecule has 0 aliphatic carbocycles. The van der Waals surface area contributed by atoms with Crippen LogP contribution in [0, 0.1) is 13.8 Å². The molecule has 3 N–H and O–H groups in total. The Bertz CT molecular complexity index is 1080. The van der Waals surface area contributed by atoms with Crippen LogP contribution < -0.4 is 15.8 Å². The highest BCUT2D eigenvalue weighted by Crippen LogP contribution is 2.32. The van der Waals surface area contributed by atoms with E-state index in [1.54, 1.807) is 53.4 Å². The first-order valence-corrected chi connectivity index (χ1v) is 10.8. The summed E-state index contributed by atoms with van der Waals surface area (Å²) in [5.41, 5.74) is 8.64. The van der Waals surface area contributed by atoms with Crippen molar-refractivity contribution in [3.8, 4) is 5.75 Å². The number of amides is 2. The zero-order valence-electron chi connectivity index (χ0n) is 16.5. The number of rotatable bonds is 8. The smallest absolute Gasteiger partial charge is 0.255 e. The number of carbonyl (C=O) groups is 2. The number of anilines is 1. The van der Waals surface area contributed by atoms with Crippen LogP contribution >= 0.6 is 23.1 Å². The van der Waals surface area contributed by atoms with Gasteiger partial charge in [0.2, 0.25) is 5.91 Å². The van der Waals surface area contributed by atoms with E-state index in [1.807, 2.05) is 37.4 Å². The minimum absolute atomic E-state index is 0.169. The Labute approximate surface area is 183 Å². The number of thiazole rings is 1. The van der Waals surface area contributed by atoms with Crippen molar-refractivity contribution in [3.63, 3.8) is 0 Å². The molecule has 2 amide bonds. The zero-order chi connectivity index (χ0) is 21.5. The van der Waals surface area contributed by atoms with E-state index in [-0.39, 0.29) is 12.5 Å². The first-order valence-electron chi connectivity index (χ1n) is 9.10. The number of aryl methyl sites for hydroxylation is 2. The number of aromatic nitrogens is 1. The fourth-order valence-corrected chi connectivity index (χ4v) is 4.41. The van der Waals surface area contributed by atoms with Crippen molar-refractivity contribution in [2.75, 3.05) is 11.9 Å². The Morgan fingerprint density at radius 2 is 1.97 bits per heavy atom. The average molecular weight is 440 g/mol. The van der Waals surface area contributed by atoms with Gasteiger partial charge in [-0.3, -0.25) is 9.59 Å². The monoisotopic (exact) mass is 439 g/mol. The molecule has 0 spiro atoms. The van der Waals surface area contributed by atoms with Crippen LogP contribution in [0.15, 0.2) is 63.2 Å². The number of benzene rings is 2. The number of hydrogen-bond donors (Lipinski definition) is 2. The number of ether oxygens (including phenoxy) is 1. The van der Waals surface area contributed by atoms with E-state index in [4.69, 9.17) is 10.5 Å². The molecule has 154 valence electrons. The molecule has 0 fully saturated rings. The van der Waals surface area contributed by atoms with Gasteiger partial charge in [0, 0.05) is 27.7 Å². The minimum Gasteiger partial charge on any atom is -0.484 e. The Hall–Kier alpha value is -3.10. The van der Waals surface area contributed by atoms with E-state index >= 15 is 0 Å². The third-order valence-electron chi connectivity index (χ3n) is 3.95. The van der Waals surface area contributed by atoms with Crippen molar-refractivity contribution < 1.29 is 14.3 Å². The first-order chi connectivity index (χ1) is 14.4. The second kappa shape index (κ2) is 10.1. The number of nitrogens with two attached hydrogens (primary N) is 1. The van der Waals surface area contributed by atoms with Gasteiger partial charge in [0.1, 0.15) is 5.75 Å². The average Bonchev–Trinajstić information content (AvgIpc) is 3.12. The second-order valence-electron chi connectivity index (χ2n) is 6.48. The molecular formula is C22H21N3O3S2. The largest absolute Gasteiger partial charge is 0.484 e. The molecular weight excluding hydrogens is 418 g/mol. The normalized spacial score (nSPS) is 10.9. The molecule has 6 nitrogen and oxygen atoms in total. The SMILES string of the molecule is Cc1csc(Sc2ccc(NC(=O)/C=C/c3ccc(OCC(N)=O)cc3)c(C)c2)n1. The van der Waals surface area contributed by atoms with Gasteiger partial charge < -0.3 is 15.8 Å². The number of primary amides is 1. The van der Waals surface area contributed by atoms with Gasteiger partial charge in [-0.15, -0.1) is 11.3 Å². The van der Waals surface area contributed by atoms with E-state index in [0.717, 1.165) is 31.7 Å². The zero-order valence-corrected chi connectivity index (χ0v) is 18.2. The summed E-state index contributed by atoms with van der Waals surface area (Å²) >= 11 is 3.23. The molecule has 1 aromatic heterocycles. The van der Waals surface area contributed by atoms with Crippen LogP contribution in [0.1, 0.15) is 16.8 Å². The highest BCUT2D eigenvalue weighted by Gasteiger charge is 2.06. The Morgan fingerprint density at radius 1 is 1.20 bits per heavy atom. The van der Waals surface area contributed by atoms with Gasteiger partial charge in [-0.05, 0) is 61.4 Å². The maximum atomic E-state index is 12.3. The summed E-state index contributed by atoms with van der Waals surface area (Å²) in [5, 5.41) is 4.92. The van der Waals surface area contributed by atoms with E-state index < -0.39 is 5.91 Å². The summed E-state index contributed by atoms with van der Waals surface area (Å²) in [4.78, 5) is 28.5. The molecule has 0 atom stereocenters. The molecule has 1 heterocycles. The molecule has 8 heteroatoms. The lowest BCUT2D eigenvalue weighted by atomic mass is 10.2. The molecule has 0 saturated heterocycles. The summed E-state index contributed by atoms with van der Waals surface area (Å²) in [6.07, 6.45) is 3.18. The van der Waals surface area contributed by atoms with Crippen molar-refractivity contribution in [2.24, 2.45) is 5.73 Å². The maximum absolute atomic E-state index is 12.3. The molecule has 3 aromatic rings. The molecule has 3 rings (SSSR count). The van der Waals surface area contributed by atoms with Gasteiger partial charge in [-0.25, -0.2) is 4.98 Å². The van der Waals surface area contributed by atoms with Crippen molar-refractivity contribution in [1.82, 2.24) is 4.98 Å². The third kappa shape index (κ3) is 6.47. The topological polar surface area (TPSA) is 94.3 Å². The Kier molecular flexibility index (Phi) is 7.26. The third-order valence-corrected chi connectivity index (χ3v) is 5.99. The van der Waals surface area contributed by atoms with E-state index in [0.29, 0.717) is 5.75 Å². The molecule has 0 bridgehead atoms. The molecule has 0 radical (unpaired) electrons. The highest BCUT2D eigenvalue weighted by molar-refractivity contribution is 8.01. The first kappa shape index (κ1) is 21.6. The van der Waals surface area contributed by atoms with Gasteiger partial charge in [0.05, 0.1) is 0 Å². The van der Waals surface area contributed by atoms with Crippen molar-refractivity contribution in [3.05, 3.63) is 70.7 Å². The number of nitrogens with zero attached hydrogens (tertiary/aromatic N) is 1. The van der Waals surface area contributed by atoms with E-state index in [9.17, 15) is 9.59 Å². The molecule has 30 heavy (non-hydrogen) atoms. The Balaban J connectivity index is 1.56. The van der Waals surface area contributed by atoms with Crippen LogP contribution in [0.5, 0.6) is 5.75 Å². The van der Waals surface area contributed by atoms with Gasteiger partial charge in [0.25, 0.3) is 5.91 Å². The molecule has 0 saturated carbocycles. The fraction of sp³-hybridized carbons (Fsp3) is 0.136. The lowest BCUT2D eigenvalue weighted by Crippen LogP contribution is -2.19. The van der Waals surface area contributed by atoms with Crippen molar-refractivity contribution in [1.29, 1.82) is 0 Å². The summed E-state index contributed by atoms with van der Waals surface area (Å²) in [5.74, 6) is -0.212.